The van der Waals surface area contributed by atoms with Crippen molar-refractivity contribution in [2.24, 2.45) is 5.73 Å². The van der Waals surface area contributed by atoms with E-state index in [0.29, 0.717) is 18.7 Å². The third-order valence-electron chi connectivity index (χ3n) is 3.21. The van der Waals surface area contributed by atoms with Crippen LogP contribution in [0, 0.1) is 0 Å². The summed E-state index contributed by atoms with van der Waals surface area (Å²) in [4.78, 5) is 26.7. The maximum Gasteiger partial charge on any atom is 0.248 e. The lowest BCUT2D eigenvalue weighted by atomic mass is 10.1. The summed E-state index contributed by atoms with van der Waals surface area (Å²) in [5.74, 6) is -0.298. The third kappa shape index (κ3) is 4.66. The molecule has 0 saturated carbocycles. The highest BCUT2D eigenvalue weighted by Gasteiger charge is 2.12. The van der Waals surface area contributed by atoms with Crippen molar-refractivity contribution in [1.82, 2.24) is 9.80 Å². The maximum absolute atomic E-state index is 12.0. The van der Waals surface area contributed by atoms with Crippen LogP contribution in [0.15, 0.2) is 24.3 Å². The van der Waals surface area contributed by atoms with Crippen molar-refractivity contribution >= 4 is 11.8 Å². The molecule has 0 aliphatic heterocycles. The fraction of sp³-hybridized carbons (Fsp3) is 0.467. The van der Waals surface area contributed by atoms with Gasteiger partial charge >= 0.3 is 0 Å². The number of carbonyl (C=O) groups excluding carboxylic acids is 2. The first-order valence-electron chi connectivity index (χ1n) is 6.83. The highest BCUT2D eigenvalue weighted by Crippen LogP contribution is 2.06. The zero-order chi connectivity index (χ0) is 15.1. The molecule has 20 heavy (non-hydrogen) atoms. The van der Waals surface area contributed by atoms with Gasteiger partial charge in [0, 0.05) is 25.2 Å². The van der Waals surface area contributed by atoms with Gasteiger partial charge in [-0.1, -0.05) is 12.1 Å². The van der Waals surface area contributed by atoms with Gasteiger partial charge in [-0.2, -0.15) is 0 Å². The van der Waals surface area contributed by atoms with Crippen LogP contribution in [0.2, 0.25) is 0 Å². The Labute approximate surface area is 120 Å². The van der Waals surface area contributed by atoms with E-state index < -0.39 is 5.91 Å². The van der Waals surface area contributed by atoms with Crippen LogP contribution < -0.4 is 5.73 Å². The number of hydrogen-bond acceptors (Lipinski definition) is 3. The van der Waals surface area contributed by atoms with Gasteiger partial charge in [0.25, 0.3) is 0 Å². The van der Waals surface area contributed by atoms with Crippen molar-refractivity contribution in [3.8, 4) is 0 Å². The molecular formula is C15H23N3O2. The van der Waals surface area contributed by atoms with Crippen molar-refractivity contribution in [2.45, 2.75) is 20.4 Å². The van der Waals surface area contributed by atoms with Crippen molar-refractivity contribution in [2.75, 3.05) is 26.7 Å². The third-order valence-corrected chi connectivity index (χ3v) is 3.21. The molecule has 110 valence electrons. The Kier molecular flexibility index (Phi) is 6.18. The number of primary amides is 1. The molecule has 0 heterocycles. The first-order valence-corrected chi connectivity index (χ1v) is 6.83. The number of benzene rings is 1. The summed E-state index contributed by atoms with van der Waals surface area (Å²) < 4.78 is 0. The van der Waals surface area contributed by atoms with Gasteiger partial charge in [-0.05, 0) is 38.6 Å². The van der Waals surface area contributed by atoms with E-state index in [1.165, 1.54) is 0 Å². The van der Waals surface area contributed by atoms with Gasteiger partial charge in [0.05, 0.1) is 6.54 Å². The van der Waals surface area contributed by atoms with Crippen LogP contribution in [0.3, 0.4) is 0 Å². The summed E-state index contributed by atoms with van der Waals surface area (Å²) in [5.41, 5.74) is 6.74. The topological polar surface area (TPSA) is 66.6 Å². The molecule has 5 nitrogen and oxygen atoms in total. The lowest BCUT2D eigenvalue weighted by molar-refractivity contribution is -0.131. The van der Waals surface area contributed by atoms with Crippen LogP contribution in [-0.4, -0.2) is 48.3 Å². The summed E-state index contributed by atoms with van der Waals surface area (Å²) in [6.45, 7) is 6.46. The van der Waals surface area contributed by atoms with Crippen LogP contribution in [0.1, 0.15) is 29.8 Å². The number of rotatable bonds is 7. The number of hydrogen-bond donors (Lipinski definition) is 1. The number of nitrogens with zero attached hydrogens (tertiary/aromatic N) is 2. The van der Waals surface area contributed by atoms with Crippen LogP contribution >= 0.6 is 0 Å². The van der Waals surface area contributed by atoms with Crippen molar-refractivity contribution in [3.05, 3.63) is 35.4 Å². The molecule has 2 N–H and O–H groups in total. The lowest BCUT2D eigenvalue weighted by Crippen LogP contribution is -2.38. The Morgan fingerprint density at radius 3 is 2.10 bits per heavy atom. The fourth-order valence-corrected chi connectivity index (χ4v) is 2.05. The molecule has 0 aliphatic carbocycles. The smallest absolute Gasteiger partial charge is 0.248 e. The van der Waals surface area contributed by atoms with Gasteiger partial charge in [0.2, 0.25) is 11.8 Å². The van der Waals surface area contributed by atoms with Gasteiger partial charge in [-0.25, -0.2) is 0 Å². The number of nitrogens with two attached hydrogens (primary N) is 1. The first-order chi connectivity index (χ1) is 9.47. The van der Waals surface area contributed by atoms with Gasteiger partial charge in [0.15, 0.2) is 0 Å². The molecule has 0 spiro atoms. The predicted molar refractivity (Wildman–Crippen MR) is 79.2 cm³/mol. The minimum atomic E-state index is -0.429. The van der Waals surface area contributed by atoms with Crippen molar-refractivity contribution < 1.29 is 9.59 Å². The SMILES string of the molecule is CCN(CC)C(=O)CN(C)Cc1ccc(C(N)=O)cc1. The highest BCUT2D eigenvalue weighted by atomic mass is 16.2. The Hall–Kier alpha value is -1.88. The van der Waals surface area contributed by atoms with E-state index in [1.54, 1.807) is 12.1 Å². The van der Waals surface area contributed by atoms with E-state index in [0.717, 1.165) is 18.7 Å². The van der Waals surface area contributed by atoms with Crippen molar-refractivity contribution in [3.63, 3.8) is 0 Å². The zero-order valence-electron chi connectivity index (χ0n) is 12.4. The molecule has 0 unspecified atom stereocenters. The summed E-state index contributed by atoms with van der Waals surface area (Å²) in [6.07, 6.45) is 0. The standard InChI is InChI=1S/C15H23N3O2/c1-4-18(5-2)14(19)11-17(3)10-12-6-8-13(9-7-12)15(16)20/h6-9H,4-5,10-11H2,1-3H3,(H2,16,20). The van der Waals surface area contributed by atoms with Gasteiger partial charge in [-0.15, -0.1) is 0 Å². The summed E-state index contributed by atoms with van der Waals surface area (Å²) in [7, 11) is 1.91. The molecule has 0 bridgehead atoms. The quantitative estimate of drug-likeness (QED) is 0.811. The molecule has 0 aromatic heterocycles. The van der Waals surface area contributed by atoms with Crippen LogP contribution in [0.25, 0.3) is 0 Å². The zero-order valence-corrected chi connectivity index (χ0v) is 12.4. The van der Waals surface area contributed by atoms with Crippen LogP contribution in [0.4, 0.5) is 0 Å². The molecule has 1 aromatic carbocycles. The minimum Gasteiger partial charge on any atom is -0.366 e. The largest absolute Gasteiger partial charge is 0.366 e. The number of amides is 2. The summed E-state index contributed by atoms with van der Waals surface area (Å²) >= 11 is 0. The molecule has 1 aromatic rings. The normalized spacial score (nSPS) is 10.6. The molecule has 1 rings (SSSR count). The Morgan fingerprint density at radius 2 is 1.65 bits per heavy atom. The van der Waals surface area contributed by atoms with E-state index in [2.05, 4.69) is 0 Å². The Bertz CT molecular complexity index is 453. The van der Waals surface area contributed by atoms with E-state index in [9.17, 15) is 9.59 Å². The first kappa shape index (κ1) is 16.2. The molecule has 0 radical (unpaired) electrons. The number of carbonyl (C=O) groups is 2. The summed E-state index contributed by atoms with van der Waals surface area (Å²) in [6, 6.07) is 7.13. The molecule has 0 aliphatic rings. The fourth-order valence-electron chi connectivity index (χ4n) is 2.05. The average Bonchev–Trinajstić information content (AvgIpc) is 2.40. The maximum atomic E-state index is 12.0. The van der Waals surface area contributed by atoms with Crippen LogP contribution in [-0.2, 0) is 11.3 Å². The second-order valence-corrected chi connectivity index (χ2v) is 4.80. The Balaban J connectivity index is 2.55. The molecule has 5 heteroatoms. The molecule has 0 atom stereocenters. The lowest BCUT2D eigenvalue weighted by Gasteiger charge is -2.23. The molecule has 0 fully saturated rings. The van der Waals surface area contributed by atoms with E-state index in [1.807, 2.05) is 42.8 Å². The van der Waals surface area contributed by atoms with Gasteiger partial charge in [-0.3, -0.25) is 14.5 Å². The molecular weight excluding hydrogens is 254 g/mol. The monoisotopic (exact) mass is 277 g/mol. The summed E-state index contributed by atoms with van der Waals surface area (Å²) in [5, 5.41) is 0. The van der Waals surface area contributed by atoms with E-state index in [4.69, 9.17) is 5.73 Å². The highest BCUT2D eigenvalue weighted by molar-refractivity contribution is 5.92. The van der Waals surface area contributed by atoms with Gasteiger partial charge < -0.3 is 10.6 Å². The van der Waals surface area contributed by atoms with E-state index in [-0.39, 0.29) is 5.91 Å². The second-order valence-electron chi connectivity index (χ2n) is 4.80. The predicted octanol–water partition coefficient (Wildman–Crippen LogP) is 1.09. The van der Waals surface area contributed by atoms with Crippen molar-refractivity contribution in [1.29, 1.82) is 0 Å². The minimum absolute atomic E-state index is 0.131. The van der Waals surface area contributed by atoms with Gasteiger partial charge in [0.1, 0.15) is 0 Å². The average molecular weight is 277 g/mol. The Morgan fingerprint density at radius 1 is 1.10 bits per heavy atom. The molecule has 0 saturated heterocycles. The van der Waals surface area contributed by atoms with Crippen LogP contribution in [0.5, 0.6) is 0 Å². The second kappa shape index (κ2) is 7.65. The molecule has 2 amide bonds. The van der Waals surface area contributed by atoms with E-state index >= 15 is 0 Å². The number of likely N-dealkylation sites (N-methyl/N-ethyl adjacent to an activating group) is 2.